The second-order valence-corrected chi connectivity index (χ2v) is 15.6. The standard InChI is InChI=1S/C57H37N5/c1-5-17-38(18-6-1)40-29-31-44(32-30-40)56-58-55(43-23-11-4-12-24-43)59-57(60-56)62-49-28-16-14-26-47(49)54-51(62)37-50-53(52(54)42-21-9-3-10-22-42)46-25-13-15-27-48(46)61(50)45-35-33-41(34-36-45)39-19-7-2-8-20-39/h1-37H. The lowest BCUT2D eigenvalue weighted by atomic mass is 9.94. The molecule has 0 amide bonds. The predicted molar refractivity (Wildman–Crippen MR) is 256 cm³/mol. The molecule has 0 N–H and O–H groups in total. The van der Waals surface area contributed by atoms with Gasteiger partial charge in [-0.05, 0) is 58.1 Å². The molecular weight excluding hydrogens is 755 g/mol. The van der Waals surface area contributed by atoms with Gasteiger partial charge in [0, 0.05) is 43.9 Å². The van der Waals surface area contributed by atoms with Crippen molar-refractivity contribution in [1.82, 2.24) is 24.1 Å². The average Bonchev–Trinajstić information content (AvgIpc) is 3.87. The van der Waals surface area contributed by atoms with E-state index in [0.29, 0.717) is 17.6 Å². The van der Waals surface area contributed by atoms with E-state index in [2.05, 4.69) is 209 Å². The lowest BCUT2D eigenvalue weighted by Crippen LogP contribution is -2.06. The summed E-state index contributed by atoms with van der Waals surface area (Å²) in [5.41, 5.74) is 14.2. The lowest BCUT2D eigenvalue weighted by Gasteiger charge is -2.14. The average molecular weight is 792 g/mol. The summed E-state index contributed by atoms with van der Waals surface area (Å²) in [5, 5.41) is 4.67. The monoisotopic (exact) mass is 791 g/mol. The van der Waals surface area contributed by atoms with Crippen LogP contribution in [0.15, 0.2) is 224 Å². The first-order chi connectivity index (χ1) is 30.8. The summed E-state index contributed by atoms with van der Waals surface area (Å²) in [5.74, 6) is 1.78. The van der Waals surface area contributed by atoms with E-state index in [-0.39, 0.29) is 0 Å². The molecule has 5 heteroatoms. The molecule has 9 aromatic carbocycles. The molecule has 0 aliphatic rings. The Morgan fingerprint density at radius 3 is 1.18 bits per heavy atom. The van der Waals surface area contributed by atoms with Crippen molar-refractivity contribution in [1.29, 1.82) is 0 Å². The van der Waals surface area contributed by atoms with Crippen molar-refractivity contribution < 1.29 is 0 Å². The number of rotatable bonds is 7. The highest BCUT2D eigenvalue weighted by Gasteiger charge is 2.25. The summed E-state index contributed by atoms with van der Waals surface area (Å²) < 4.78 is 4.66. The third-order valence-corrected chi connectivity index (χ3v) is 12.0. The fourth-order valence-corrected chi connectivity index (χ4v) is 9.15. The van der Waals surface area contributed by atoms with Crippen LogP contribution in [0.3, 0.4) is 0 Å². The maximum absolute atomic E-state index is 5.35. The molecule has 290 valence electrons. The summed E-state index contributed by atoms with van der Waals surface area (Å²) in [6, 6.07) is 79.2. The topological polar surface area (TPSA) is 48.5 Å². The minimum Gasteiger partial charge on any atom is -0.309 e. The number of hydrogen-bond donors (Lipinski definition) is 0. The molecule has 0 saturated carbocycles. The molecule has 0 unspecified atom stereocenters. The summed E-state index contributed by atoms with van der Waals surface area (Å²) >= 11 is 0. The van der Waals surface area contributed by atoms with Crippen molar-refractivity contribution in [3.8, 4) is 67.8 Å². The van der Waals surface area contributed by atoms with Gasteiger partial charge in [-0.2, -0.15) is 9.97 Å². The zero-order valence-corrected chi connectivity index (χ0v) is 33.6. The first kappa shape index (κ1) is 35.5. The maximum atomic E-state index is 5.35. The fraction of sp³-hybridized carbons (Fsp3) is 0. The van der Waals surface area contributed by atoms with Crippen LogP contribution in [0.5, 0.6) is 0 Å². The minimum atomic E-state index is 0.556. The first-order valence-electron chi connectivity index (χ1n) is 21.0. The Balaban J connectivity index is 1.17. The van der Waals surface area contributed by atoms with Gasteiger partial charge in [-0.1, -0.05) is 194 Å². The number of benzene rings is 9. The molecule has 0 aliphatic heterocycles. The van der Waals surface area contributed by atoms with E-state index < -0.39 is 0 Å². The molecule has 3 heterocycles. The number of nitrogens with zero attached hydrogens (tertiary/aromatic N) is 5. The third kappa shape index (κ3) is 5.90. The van der Waals surface area contributed by atoms with Gasteiger partial charge in [0.1, 0.15) is 0 Å². The van der Waals surface area contributed by atoms with Crippen LogP contribution in [0.4, 0.5) is 0 Å². The molecule has 0 aliphatic carbocycles. The molecule has 62 heavy (non-hydrogen) atoms. The number of fused-ring (bicyclic) bond motifs is 6. The van der Waals surface area contributed by atoms with Crippen LogP contribution in [0.2, 0.25) is 0 Å². The van der Waals surface area contributed by atoms with Gasteiger partial charge in [0.2, 0.25) is 5.95 Å². The molecular formula is C57H37N5. The normalized spacial score (nSPS) is 11.5. The van der Waals surface area contributed by atoms with E-state index in [9.17, 15) is 0 Å². The Morgan fingerprint density at radius 1 is 0.274 bits per heavy atom. The molecule has 0 radical (unpaired) electrons. The highest BCUT2D eigenvalue weighted by Crippen LogP contribution is 2.47. The smallest absolute Gasteiger partial charge is 0.238 e. The Morgan fingerprint density at radius 2 is 0.645 bits per heavy atom. The Bertz CT molecular complexity index is 3580. The number of hydrogen-bond acceptors (Lipinski definition) is 3. The molecule has 5 nitrogen and oxygen atoms in total. The highest BCUT2D eigenvalue weighted by molar-refractivity contribution is 6.28. The van der Waals surface area contributed by atoms with Crippen molar-refractivity contribution in [2.45, 2.75) is 0 Å². The van der Waals surface area contributed by atoms with Crippen LogP contribution >= 0.6 is 0 Å². The van der Waals surface area contributed by atoms with Crippen LogP contribution in [0.25, 0.3) is 111 Å². The molecule has 12 rings (SSSR count). The van der Waals surface area contributed by atoms with Crippen molar-refractivity contribution >= 4 is 43.6 Å². The molecule has 0 spiro atoms. The van der Waals surface area contributed by atoms with Gasteiger partial charge in [0.25, 0.3) is 0 Å². The highest BCUT2D eigenvalue weighted by atomic mass is 15.2. The molecule has 12 aromatic rings. The van der Waals surface area contributed by atoms with Crippen LogP contribution in [-0.4, -0.2) is 24.1 Å². The van der Waals surface area contributed by atoms with Gasteiger partial charge in [-0.15, -0.1) is 0 Å². The molecule has 0 saturated heterocycles. The Kier molecular flexibility index (Phi) is 8.42. The van der Waals surface area contributed by atoms with Crippen molar-refractivity contribution in [2.24, 2.45) is 0 Å². The van der Waals surface area contributed by atoms with Crippen LogP contribution in [0.1, 0.15) is 0 Å². The largest absolute Gasteiger partial charge is 0.309 e. The van der Waals surface area contributed by atoms with Crippen LogP contribution in [0, 0.1) is 0 Å². The Hall–Kier alpha value is -8.41. The van der Waals surface area contributed by atoms with Gasteiger partial charge >= 0.3 is 0 Å². The van der Waals surface area contributed by atoms with E-state index in [4.69, 9.17) is 15.0 Å². The molecule has 0 bridgehead atoms. The third-order valence-electron chi connectivity index (χ3n) is 12.0. The van der Waals surface area contributed by atoms with Gasteiger partial charge < -0.3 is 4.57 Å². The van der Waals surface area contributed by atoms with E-state index in [1.54, 1.807) is 0 Å². The van der Waals surface area contributed by atoms with Gasteiger partial charge in [-0.3, -0.25) is 4.57 Å². The maximum Gasteiger partial charge on any atom is 0.238 e. The van der Waals surface area contributed by atoms with Crippen LogP contribution < -0.4 is 0 Å². The SMILES string of the molecule is c1ccc(-c2ccc(-c3nc(-c4ccccc4)nc(-n4c5ccccc5c5c(-c6ccccc6)c6c7ccccc7n(-c7ccc(-c8ccccc8)cc7)c6cc54)n3)cc2)cc1. The molecule has 0 atom stereocenters. The first-order valence-corrected chi connectivity index (χ1v) is 21.0. The zero-order valence-electron chi connectivity index (χ0n) is 33.6. The van der Waals surface area contributed by atoms with Crippen molar-refractivity contribution in [3.63, 3.8) is 0 Å². The molecule has 0 fully saturated rings. The number of para-hydroxylation sites is 2. The summed E-state index contributed by atoms with van der Waals surface area (Å²) in [4.78, 5) is 15.8. The summed E-state index contributed by atoms with van der Waals surface area (Å²) in [6.45, 7) is 0. The Labute approximate surface area is 358 Å². The van der Waals surface area contributed by atoms with E-state index >= 15 is 0 Å². The van der Waals surface area contributed by atoms with Gasteiger partial charge in [0.15, 0.2) is 11.6 Å². The van der Waals surface area contributed by atoms with E-state index in [1.165, 1.54) is 27.5 Å². The summed E-state index contributed by atoms with van der Waals surface area (Å²) in [6.07, 6.45) is 0. The van der Waals surface area contributed by atoms with E-state index in [1.807, 2.05) is 24.3 Å². The fourth-order valence-electron chi connectivity index (χ4n) is 9.15. The van der Waals surface area contributed by atoms with Gasteiger partial charge in [-0.25, -0.2) is 4.98 Å². The predicted octanol–water partition coefficient (Wildman–Crippen LogP) is 14.4. The lowest BCUT2D eigenvalue weighted by molar-refractivity contribution is 0.953. The minimum absolute atomic E-state index is 0.556. The van der Waals surface area contributed by atoms with Crippen molar-refractivity contribution in [2.75, 3.05) is 0 Å². The number of aromatic nitrogens is 5. The summed E-state index contributed by atoms with van der Waals surface area (Å²) in [7, 11) is 0. The molecule has 3 aromatic heterocycles. The quantitative estimate of drug-likeness (QED) is 0.162. The zero-order chi connectivity index (χ0) is 41.0. The van der Waals surface area contributed by atoms with Crippen LogP contribution in [-0.2, 0) is 0 Å². The second kappa shape index (κ2) is 14.7. The van der Waals surface area contributed by atoms with E-state index in [0.717, 1.165) is 66.3 Å². The van der Waals surface area contributed by atoms with Crippen molar-refractivity contribution in [3.05, 3.63) is 224 Å². The van der Waals surface area contributed by atoms with Gasteiger partial charge in [0.05, 0.1) is 22.1 Å². The second-order valence-electron chi connectivity index (χ2n) is 15.6.